The molecule has 2 amide bonds. The molecule has 1 aromatic rings. The highest BCUT2D eigenvalue weighted by atomic mass is 32.2. The van der Waals surface area contributed by atoms with E-state index in [1.807, 2.05) is 0 Å². The quantitative estimate of drug-likeness (QED) is 0.769. The van der Waals surface area contributed by atoms with Crippen molar-refractivity contribution in [3.63, 3.8) is 0 Å². The lowest BCUT2D eigenvalue weighted by molar-refractivity contribution is 0.0639. The SMILES string of the molecule is CC1(CN2C(=O)c3ccccc3C2=O)CCCS1(=O)=O. The van der Waals surface area contributed by atoms with Crippen LogP contribution in [0.3, 0.4) is 0 Å². The number of amides is 2. The lowest BCUT2D eigenvalue weighted by Gasteiger charge is -2.27. The lowest BCUT2D eigenvalue weighted by Crippen LogP contribution is -2.46. The predicted octanol–water partition coefficient (Wildman–Crippen LogP) is 1.25. The molecule has 3 rings (SSSR count). The summed E-state index contributed by atoms with van der Waals surface area (Å²) in [5.41, 5.74) is 0.716. The van der Waals surface area contributed by atoms with Gasteiger partial charge in [-0.15, -0.1) is 0 Å². The van der Waals surface area contributed by atoms with Crippen molar-refractivity contribution in [2.75, 3.05) is 12.3 Å². The van der Waals surface area contributed by atoms with Crippen LogP contribution in [0, 0.1) is 0 Å². The van der Waals surface area contributed by atoms with Crippen LogP contribution < -0.4 is 0 Å². The van der Waals surface area contributed by atoms with Crippen molar-refractivity contribution < 1.29 is 18.0 Å². The molecule has 6 heteroatoms. The molecule has 1 unspecified atom stereocenters. The first-order valence-electron chi connectivity index (χ1n) is 6.53. The van der Waals surface area contributed by atoms with Gasteiger partial charge in [0.2, 0.25) is 0 Å². The zero-order chi connectivity index (χ0) is 14.5. The van der Waals surface area contributed by atoms with Crippen molar-refractivity contribution in [3.05, 3.63) is 35.4 Å². The van der Waals surface area contributed by atoms with Crippen molar-refractivity contribution in [2.24, 2.45) is 0 Å². The number of fused-ring (bicyclic) bond motifs is 1. The van der Waals surface area contributed by atoms with Crippen LogP contribution in [0.2, 0.25) is 0 Å². The van der Waals surface area contributed by atoms with E-state index < -0.39 is 26.4 Å². The Kier molecular flexibility index (Phi) is 2.76. The summed E-state index contributed by atoms with van der Waals surface area (Å²) in [4.78, 5) is 25.6. The Morgan fingerprint density at radius 1 is 1.15 bits per heavy atom. The number of hydrogen-bond acceptors (Lipinski definition) is 4. The third-order valence-electron chi connectivity index (χ3n) is 4.24. The third kappa shape index (κ3) is 1.71. The molecule has 0 bridgehead atoms. The van der Waals surface area contributed by atoms with Gasteiger partial charge in [0.15, 0.2) is 9.84 Å². The van der Waals surface area contributed by atoms with Crippen molar-refractivity contribution >= 4 is 21.7 Å². The van der Waals surface area contributed by atoms with Crippen LogP contribution in [0.15, 0.2) is 24.3 Å². The van der Waals surface area contributed by atoms with Crippen molar-refractivity contribution in [1.29, 1.82) is 0 Å². The average molecular weight is 293 g/mol. The van der Waals surface area contributed by atoms with Gasteiger partial charge in [0.1, 0.15) is 0 Å². The summed E-state index contributed by atoms with van der Waals surface area (Å²) in [5.74, 6) is -0.657. The Bertz CT molecular complexity index is 675. The molecule has 0 N–H and O–H groups in total. The average Bonchev–Trinajstić information content (AvgIpc) is 2.80. The topological polar surface area (TPSA) is 71.5 Å². The first kappa shape index (κ1) is 13.3. The van der Waals surface area contributed by atoms with E-state index in [9.17, 15) is 18.0 Å². The maximum absolute atomic E-state index is 12.3. The number of carbonyl (C=O) groups excluding carboxylic acids is 2. The Morgan fingerprint density at radius 2 is 1.70 bits per heavy atom. The third-order valence-corrected chi connectivity index (χ3v) is 6.90. The van der Waals surface area contributed by atoms with Crippen LogP contribution in [0.25, 0.3) is 0 Å². The lowest BCUT2D eigenvalue weighted by atomic mass is 10.1. The van der Waals surface area contributed by atoms with Gasteiger partial charge in [0.25, 0.3) is 11.8 Å². The number of rotatable bonds is 2. The molecule has 0 aliphatic carbocycles. The van der Waals surface area contributed by atoms with Gasteiger partial charge < -0.3 is 0 Å². The molecule has 1 fully saturated rings. The van der Waals surface area contributed by atoms with Gasteiger partial charge in [-0.05, 0) is 31.9 Å². The summed E-state index contributed by atoms with van der Waals surface area (Å²) in [6.45, 7) is 1.57. The van der Waals surface area contributed by atoms with Crippen molar-refractivity contribution in [1.82, 2.24) is 4.90 Å². The van der Waals surface area contributed by atoms with Crippen molar-refractivity contribution in [3.8, 4) is 0 Å². The minimum absolute atomic E-state index is 0.0539. The summed E-state index contributed by atoms with van der Waals surface area (Å²) >= 11 is 0. The second-order valence-corrected chi connectivity index (χ2v) is 8.24. The summed E-state index contributed by atoms with van der Waals surface area (Å²) < 4.78 is 23.2. The van der Waals surface area contributed by atoms with E-state index in [2.05, 4.69) is 0 Å². The molecule has 106 valence electrons. The van der Waals surface area contributed by atoms with Gasteiger partial charge in [0, 0.05) is 6.54 Å². The van der Waals surface area contributed by atoms with Crippen LogP contribution in [-0.4, -0.2) is 42.2 Å². The van der Waals surface area contributed by atoms with Gasteiger partial charge in [-0.2, -0.15) is 0 Å². The second-order valence-electron chi connectivity index (χ2n) is 5.61. The Morgan fingerprint density at radius 3 is 2.15 bits per heavy atom. The number of sulfone groups is 1. The molecule has 1 saturated heterocycles. The van der Waals surface area contributed by atoms with Crippen LogP contribution >= 0.6 is 0 Å². The fraction of sp³-hybridized carbons (Fsp3) is 0.429. The van der Waals surface area contributed by atoms with E-state index >= 15 is 0 Å². The summed E-state index contributed by atoms with van der Waals surface area (Å²) in [7, 11) is -3.25. The number of imide groups is 1. The minimum atomic E-state index is -3.25. The Labute approximate surface area is 117 Å². The molecule has 0 radical (unpaired) electrons. The van der Waals surface area contributed by atoms with Crippen LogP contribution in [0.5, 0.6) is 0 Å². The van der Waals surface area contributed by atoms with Crippen LogP contribution in [-0.2, 0) is 9.84 Å². The Balaban J connectivity index is 1.95. The fourth-order valence-corrected chi connectivity index (χ4v) is 4.73. The molecule has 2 aliphatic rings. The van der Waals surface area contributed by atoms with Gasteiger partial charge in [-0.1, -0.05) is 12.1 Å². The first-order valence-corrected chi connectivity index (χ1v) is 8.18. The molecule has 1 atom stereocenters. The van der Waals surface area contributed by atoms with Crippen LogP contribution in [0.4, 0.5) is 0 Å². The highest BCUT2D eigenvalue weighted by Crippen LogP contribution is 2.35. The monoisotopic (exact) mass is 293 g/mol. The molecular formula is C14H15NO4S. The normalized spacial score (nSPS) is 27.9. The molecule has 2 heterocycles. The number of benzene rings is 1. The van der Waals surface area contributed by atoms with Gasteiger partial charge >= 0.3 is 0 Å². The predicted molar refractivity (Wildman–Crippen MR) is 73.2 cm³/mol. The zero-order valence-electron chi connectivity index (χ0n) is 11.1. The molecule has 2 aliphatic heterocycles. The fourth-order valence-electron chi connectivity index (χ4n) is 2.93. The van der Waals surface area contributed by atoms with Crippen LogP contribution in [0.1, 0.15) is 40.5 Å². The summed E-state index contributed by atoms with van der Waals surface area (Å²) in [5, 5.41) is 0. The van der Waals surface area contributed by atoms with E-state index in [4.69, 9.17) is 0 Å². The van der Waals surface area contributed by atoms with E-state index in [1.165, 1.54) is 0 Å². The maximum atomic E-state index is 12.3. The number of nitrogens with zero attached hydrogens (tertiary/aromatic N) is 1. The van der Waals surface area contributed by atoms with E-state index in [0.29, 0.717) is 24.0 Å². The second kappa shape index (κ2) is 4.15. The molecule has 0 spiro atoms. The molecule has 1 aromatic carbocycles. The highest BCUT2D eigenvalue weighted by Gasteiger charge is 2.48. The maximum Gasteiger partial charge on any atom is 0.261 e. The van der Waals surface area contributed by atoms with Crippen molar-refractivity contribution in [2.45, 2.75) is 24.5 Å². The number of carbonyl (C=O) groups is 2. The summed E-state index contributed by atoms with van der Waals surface area (Å²) in [6.07, 6.45) is 1.07. The first-order chi connectivity index (χ1) is 9.36. The standard InChI is InChI=1S/C14H15NO4S/c1-14(7-4-8-20(14,18)19)9-15-12(16)10-5-2-3-6-11(10)13(15)17/h2-3,5-6H,4,7-9H2,1H3. The van der Waals surface area contributed by atoms with E-state index in [0.717, 1.165) is 4.90 Å². The smallest absolute Gasteiger partial charge is 0.261 e. The molecule has 20 heavy (non-hydrogen) atoms. The van der Waals surface area contributed by atoms with Gasteiger partial charge in [-0.25, -0.2) is 8.42 Å². The van der Waals surface area contributed by atoms with Gasteiger partial charge in [-0.3, -0.25) is 14.5 Å². The molecule has 5 nitrogen and oxygen atoms in total. The highest BCUT2D eigenvalue weighted by molar-refractivity contribution is 7.93. The van der Waals surface area contributed by atoms with E-state index in [1.54, 1.807) is 31.2 Å². The largest absolute Gasteiger partial charge is 0.273 e. The number of hydrogen-bond donors (Lipinski definition) is 0. The molecule has 0 saturated carbocycles. The summed E-state index contributed by atoms with van der Waals surface area (Å²) in [6, 6.07) is 6.59. The molecule has 0 aromatic heterocycles. The van der Waals surface area contributed by atoms with E-state index in [-0.39, 0.29) is 12.3 Å². The van der Waals surface area contributed by atoms with Gasteiger partial charge in [0.05, 0.1) is 21.6 Å². The zero-order valence-corrected chi connectivity index (χ0v) is 11.9. The Hall–Kier alpha value is -1.69. The minimum Gasteiger partial charge on any atom is -0.273 e. The molecular weight excluding hydrogens is 278 g/mol.